The van der Waals surface area contributed by atoms with Gasteiger partial charge in [-0.1, -0.05) is 0 Å². The van der Waals surface area contributed by atoms with Crippen LogP contribution in [-0.4, -0.2) is 29.1 Å². The first-order valence-electron chi connectivity index (χ1n) is 8.34. The third kappa shape index (κ3) is 4.89. The fourth-order valence-corrected chi connectivity index (χ4v) is 2.37. The highest BCUT2D eigenvalue weighted by molar-refractivity contribution is 5.91. The summed E-state index contributed by atoms with van der Waals surface area (Å²) >= 11 is 0. The number of furan rings is 1. The van der Waals surface area contributed by atoms with Crippen molar-refractivity contribution in [2.24, 2.45) is 0 Å². The van der Waals surface area contributed by atoms with E-state index >= 15 is 0 Å². The molecule has 1 aromatic carbocycles. The molecule has 3 rings (SSSR count). The largest absolute Gasteiger partial charge is 0.497 e. The Kier molecular flexibility index (Phi) is 5.92. The Morgan fingerprint density at radius 2 is 2.00 bits per heavy atom. The predicted octanol–water partition coefficient (Wildman–Crippen LogP) is 2.88. The van der Waals surface area contributed by atoms with Gasteiger partial charge in [-0.15, -0.1) is 0 Å². The molecule has 1 N–H and O–H groups in total. The molecule has 0 unspecified atom stereocenters. The molecule has 0 aliphatic carbocycles. The summed E-state index contributed by atoms with van der Waals surface area (Å²) in [5, 5.41) is 2.84. The third-order valence-corrected chi connectivity index (χ3v) is 3.76. The van der Waals surface area contributed by atoms with Gasteiger partial charge in [-0.25, -0.2) is 4.98 Å². The van der Waals surface area contributed by atoms with Crippen molar-refractivity contribution in [3.05, 3.63) is 66.6 Å². The van der Waals surface area contributed by atoms with Crippen molar-refractivity contribution >= 4 is 5.91 Å². The molecule has 0 atom stereocenters. The van der Waals surface area contributed by atoms with Crippen LogP contribution in [0.2, 0.25) is 0 Å². The number of hydrogen-bond acceptors (Lipinski definition) is 5. The number of nitrogens with zero attached hydrogens (tertiary/aromatic N) is 2. The van der Waals surface area contributed by atoms with Crippen LogP contribution in [0.3, 0.4) is 0 Å². The molecular weight excluding hydrogens is 334 g/mol. The summed E-state index contributed by atoms with van der Waals surface area (Å²) < 4.78 is 18.2. The molecule has 2 aromatic heterocycles. The molecule has 3 aromatic rings. The van der Waals surface area contributed by atoms with Gasteiger partial charge in [0.05, 0.1) is 13.4 Å². The van der Waals surface area contributed by atoms with E-state index in [2.05, 4.69) is 10.3 Å². The van der Waals surface area contributed by atoms with E-state index in [-0.39, 0.29) is 18.3 Å². The number of methoxy groups -OCH3 is 1. The van der Waals surface area contributed by atoms with Gasteiger partial charge in [0.2, 0.25) is 0 Å². The molecular formula is C19H21N3O4. The summed E-state index contributed by atoms with van der Waals surface area (Å²) in [7, 11) is 1.61. The maximum Gasteiger partial charge on any atom is 0.286 e. The summed E-state index contributed by atoms with van der Waals surface area (Å²) in [6.07, 6.45) is 6.19. The molecule has 0 radical (unpaired) electrons. The van der Waals surface area contributed by atoms with E-state index in [9.17, 15) is 4.79 Å². The summed E-state index contributed by atoms with van der Waals surface area (Å²) in [4.78, 5) is 16.1. The van der Waals surface area contributed by atoms with Gasteiger partial charge in [0.1, 0.15) is 23.9 Å². The van der Waals surface area contributed by atoms with Crippen LogP contribution < -0.4 is 14.8 Å². The number of rotatable bonds is 9. The molecule has 7 nitrogen and oxygen atoms in total. The van der Waals surface area contributed by atoms with Crippen LogP contribution in [0.1, 0.15) is 22.7 Å². The molecule has 0 spiro atoms. The minimum atomic E-state index is -0.230. The van der Waals surface area contributed by atoms with Crippen molar-refractivity contribution in [1.82, 2.24) is 14.9 Å². The molecule has 1 amide bonds. The van der Waals surface area contributed by atoms with E-state index in [0.29, 0.717) is 18.1 Å². The zero-order chi connectivity index (χ0) is 18.2. The van der Waals surface area contributed by atoms with Crippen LogP contribution in [0.25, 0.3) is 0 Å². The first-order chi connectivity index (χ1) is 12.7. The van der Waals surface area contributed by atoms with Gasteiger partial charge >= 0.3 is 0 Å². The van der Waals surface area contributed by atoms with Crippen molar-refractivity contribution in [2.45, 2.75) is 19.6 Å². The van der Waals surface area contributed by atoms with Gasteiger partial charge in [-0.05, 0) is 42.8 Å². The summed E-state index contributed by atoms with van der Waals surface area (Å²) in [5.41, 5.74) is 0. The van der Waals surface area contributed by atoms with Gasteiger partial charge in [0, 0.05) is 25.5 Å². The van der Waals surface area contributed by atoms with Gasteiger partial charge in [-0.2, -0.15) is 0 Å². The first-order valence-corrected chi connectivity index (χ1v) is 8.34. The van der Waals surface area contributed by atoms with Crippen LogP contribution in [0.15, 0.2) is 59.5 Å². The molecule has 0 fully saturated rings. The fraction of sp³-hybridized carbons (Fsp3) is 0.263. The van der Waals surface area contributed by atoms with E-state index in [0.717, 1.165) is 18.7 Å². The van der Waals surface area contributed by atoms with Crippen LogP contribution >= 0.6 is 0 Å². The lowest BCUT2D eigenvalue weighted by molar-refractivity contribution is 0.0921. The number of aryl methyl sites for hydroxylation is 1. The molecule has 0 bridgehead atoms. The Balaban J connectivity index is 1.42. The number of aromatic nitrogens is 2. The third-order valence-electron chi connectivity index (χ3n) is 3.76. The van der Waals surface area contributed by atoms with Gasteiger partial charge in [0.25, 0.3) is 5.91 Å². The molecule has 2 heterocycles. The van der Waals surface area contributed by atoms with E-state index in [1.54, 1.807) is 31.8 Å². The summed E-state index contributed by atoms with van der Waals surface area (Å²) in [5.74, 6) is 2.10. The maximum atomic E-state index is 12.1. The molecule has 0 saturated carbocycles. The Morgan fingerprint density at radius 1 is 1.19 bits per heavy atom. The predicted molar refractivity (Wildman–Crippen MR) is 95.2 cm³/mol. The number of imidazole rings is 1. The van der Waals surface area contributed by atoms with Gasteiger partial charge in [0.15, 0.2) is 5.76 Å². The van der Waals surface area contributed by atoms with Crippen molar-refractivity contribution < 1.29 is 18.7 Å². The molecule has 136 valence electrons. The average molecular weight is 355 g/mol. The second kappa shape index (κ2) is 8.75. The topological polar surface area (TPSA) is 78.5 Å². The minimum Gasteiger partial charge on any atom is -0.497 e. The normalized spacial score (nSPS) is 10.5. The fourth-order valence-electron chi connectivity index (χ4n) is 2.37. The van der Waals surface area contributed by atoms with Crippen molar-refractivity contribution in [3.63, 3.8) is 0 Å². The zero-order valence-electron chi connectivity index (χ0n) is 14.6. The van der Waals surface area contributed by atoms with Crippen LogP contribution in [0, 0.1) is 0 Å². The SMILES string of the molecule is COc1ccc(OCc2ccc(C(=O)NCCCn3ccnc3)o2)cc1. The van der Waals surface area contributed by atoms with Gasteiger partial charge < -0.3 is 23.8 Å². The monoisotopic (exact) mass is 355 g/mol. The molecule has 7 heteroatoms. The number of benzene rings is 1. The first kappa shape index (κ1) is 17.6. The van der Waals surface area contributed by atoms with Crippen LogP contribution in [0.5, 0.6) is 11.5 Å². The average Bonchev–Trinajstić information content (AvgIpc) is 3.36. The Labute approximate surface area is 151 Å². The van der Waals surface area contributed by atoms with E-state index < -0.39 is 0 Å². The van der Waals surface area contributed by atoms with Crippen molar-refractivity contribution in [2.75, 3.05) is 13.7 Å². The zero-order valence-corrected chi connectivity index (χ0v) is 14.6. The standard InChI is InChI=1S/C19H21N3O4/c1-24-15-3-5-16(6-4-15)25-13-17-7-8-18(26-17)19(23)21-9-2-11-22-12-10-20-14-22/h3-8,10,12,14H,2,9,11,13H2,1H3,(H,21,23). The summed E-state index contributed by atoms with van der Waals surface area (Å²) in [6.45, 7) is 1.62. The van der Waals surface area contributed by atoms with Crippen LogP contribution in [0.4, 0.5) is 0 Å². The number of amides is 1. The lowest BCUT2D eigenvalue weighted by atomic mass is 10.3. The lowest BCUT2D eigenvalue weighted by Crippen LogP contribution is -2.24. The van der Waals surface area contributed by atoms with Crippen molar-refractivity contribution in [1.29, 1.82) is 0 Å². The van der Waals surface area contributed by atoms with Gasteiger partial charge in [-0.3, -0.25) is 4.79 Å². The molecule has 26 heavy (non-hydrogen) atoms. The van der Waals surface area contributed by atoms with E-state index in [1.807, 2.05) is 35.0 Å². The number of ether oxygens (including phenoxy) is 2. The Hall–Kier alpha value is -3.22. The second-order valence-corrected chi connectivity index (χ2v) is 5.64. The molecule has 0 aliphatic rings. The van der Waals surface area contributed by atoms with Crippen LogP contribution in [-0.2, 0) is 13.2 Å². The van der Waals surface area contributed by atoms with Crippen molar-refractivity contribution in [3.8, 4) is 11.5 Å². The number of hydrogen-bond donors (Lipinski definition) is 1. The lowest BCUT2D eigenvalue weighted by Gasteiger charge is -2.06. The van der Waals surface area contributed by atoms with E-state index in [4.69, 9.17) is 13.9 Å². The Morgan fingerprint density at radius 3 is 2.73 bits per heavy atom. The highest BCUT2D eigenvalue weighted by atomic mass is 16.5. The quantitative estimate of drug-likeness (QED) is 0.597. The second-order valence-electron chi connectivity index (χ2n) is 5.64. The maximum absolute atomic E-state index is 12.1. The number of nitrogens with one attached hydrogen (secondary N) is 1. The minimum absolute atomic E-state index is 0.230. The Bertz CT molecular complexity index is 810. The smallest absolute Gasteiger partial charge is 0.286 e. The molecule has 0 aliphatic heterocycles. The number of carbonyl (C=O) groups excluding carboxylic acids is 1. The highest BCUT2D eigenvalue weighted by Gasteiger charge is 2.11. The molecule has 0 saturated heterocycles. The highest BCUT2D eigenvalue weighted by Crippen LogP contribution is 2.18. The number of carbonyl (C=O) groups is 1. The summed E-state index contributed by atoms with van der Waals surface area (Å²) in [6, 6.07) is 10.7. The van der Waals surface area contributed by atoms with E-state index in [1.165, 1.54) is 0 Å².